The number of amides is 2. The maximum atomic E-state index is 12.2. The minimum absolute atomic E-state index is 0.0149. The molecular formula is C18H20N2O2. The van der Waals surface area contributed by atoms with Crippen LogP contribution in [-0.2, 0) is 4.79 Å². The Bertz CT molecular complexity index is 681. The largest absolute Gasteiger partial charge is 0.332 e. The van der Waals surface area contributed by atoms with Gasteiger partial charge in [-0.1, -0.05) is 35.9 Å². The molecule has 0 saturated heterocycles. The number of carbonyl (C=O) groups is 2. The van der Waals surface area contributed by atoms with Crippen LogP contribution in [0.3, 0.4) is 0 Å². The summed E-state index contributed by atoms with van der Waals surface area (Å²) >= 11 is 0. The second kappa shape index (κ2) is 6.89. The van der Waals surface area contributed by atoms with Gasteiger partial charge >= 0.3 is 0 Å². The first-order chi connectivity index (χ1) is 10.5. The zero-order valence-corrected chi connectivity index (χ0v) is 13.1. The smallest absolute Gasteiger partial charge is 0.254 e. The monoisotopic (exact) mass is 296 g/mol. The van der Waals surface area contributed by atoms with Gasteiger partial charge in [0.25, 0.3) is 5.91 Å². The first-order valence-electron chi connectivity index (χ1n) is 7.15. The first kappa shape index (κ1) is 15.8. The van der Waals surface area contributed by atoms with Gasteiger partial charge in [-0.3, -0.25) is 9.59 Å². The molecule has 0 unspecified atom stereocenters. The van der Waals surface area contributed by atoms with E-state index in [2.05, 4.69) is 5.32 Å². The summed E-state index contributed by atoms with van der Waals surface area (Å²) in [6, 6.07) is 14.8. The molecule has 0 atom stereocenters. The third kappa shape index (κ3) is 3.95. The highest BCUT2D eigenvalue weighted by molar-refractivity contribution is 5.99. The predicted octanol–water partition coefficient (Wildman–Crippen LogP) is 3.01. The highest BCUT2D eigenvalue weighted by atomic mass is 16.2. The van der Waals surface area contributed by atoms with E-state index in [1.807, 2.05) is 38.1 Å². The summed E-state index contributed by atoms with van der Waals surface area (Å²) in [5.74, 6) is -0.380. The fourth-order valence-electron chi connectivity index (χ4n) is 2.23. The summed E-state index contributed by atoms with van der Waals surface area (Å²) in [6.07, 6.45) is 0. The van der Waals surface area contributed by atoms with Crippen molar-refractivity contribution < 1.29 is 9.59 Å². The van der Waals surface area contributed by atoms with E-state index in [0.717, 1.165) is 16.8 Å². The molecule has 0 aromatic heterocycles. The highest BCUT2D eigenvalue weighted by Gasteiger charge is 2.15. The van der Waals surface area contributed by atoms with E-state index in [1.54, 1.807) is 31.3 Å². The average molecular weight is 296 g/mol. The number of anilines is 1. The van der Waals surface area contributed by atoms with Gasteiger partial charge in [0, 0.05) is 18.3 Å². The molecule has 4 nitrogen and oxygen atoms in total. The number of nitrogens with one attached hydrogen (secondary N) is 1. The summed E-state index contributed by atoms with van der Waals surface area (Å²) < 4.78 is 0. The van der Waals surface area contributed by atoms with E-state index in [4.69, 9.17) is 0 Å². The van der Waals surface area contributed by atoms with Crippen LogP contribution in [-0.4, -0.2) is 30.3 Å². The number of carbonyl (C=O) groups excluding carboxylic acids is 2. The van der Waals surface area contributed by atoms with Gasteiger partial charge in [0.1, 0.15) is 0 Å². The van der Waals surface area contributed by atoms with E-state index in [9.17, 15) is 9.59 Å². The standard InChI is InChI=1S/C18H20N2O2/c1-13-9-10-16(14(2)11-13)19-17(21)12-20(3)18(22)15-7-5-4-6-8-15/h4-11H,12H2,1-3H3,(H,19,21). The molecule has 0 aliphatic rings. The van der Waals surface area contributed by atoms with E-state index in [0.29, 0.717) is 5.56 Å². The number of hydrogen-bond donors (Lipinski definition) is 1. The van der Waals surface area contributed by atoms with Crippen molar-refractivity contribution >= 4 is 17.5 Å². The zero-order chi connectivity index (χ0) is 16.1. The molecule has 22 heavy (non-hydrogen) atoms. The lowest BCUT2D eigenvalue weighted by molar-refractivity contribution is -0.116. The third-order valence-corrected chi connectivity index (χ3v) is 3.40. The van der Waals surface area contributed by atoms with Crippen LogP contribution in [0, 0.1) is 13.8 Å². The Morgan fingerprint density at radius 3 is 2.36 bits per heavy atom. The third-order valence-electron chi connectivity index (χ3n) is 3.40. The lowest BCUT2D eigenvalue weighted by atomic mass is 10.1. The maximum Gasteiger partial charge on any atom is 0.254 e. The van der Waals surface area contributed by atoms with E-state index >= 15 is 0 Å². The molecule has 2 aromatic rings. The zero-order valence-electron chi connectivity index (χ0n) is 13.1. The quantitative estimate of drug-likeness (QED) is 0.943. The molecule has 4 heteroatoms. The second-order valence-corrected chi connectivity index (χ2v) is 5.39. The Morgan fingerprint density at radius 1 is 1.05 bits per heavy atom. The number of hydrogen-bond acceptors (Lipinski definition) is 2. The first-order valence-corrected chi connectivity index (χ1v) is 7.15. The van der Waals surface area contributed by atoms with Crippen molar-refractivity contribution in [2.24, 2.45) is 0 Å². The van der Waals surface area contributed by atoms with E-state index in [1.165, 1.54) is 4.90 Å². The summed E-state index contributed by atoms with van der Waals surface area (Å²) in [5, 5.41) is 2.84. The molecule has 0 fully saturated rings. The summed E-state index contributed by atoms with van der Waals surface area (Å²) in [7, 11) is 1.62. The van der Waals surface area contributed by atoms with Gasteiger partial charge < -0.3 is 10.2 Å². The average Bonchev–Trinajstić information content (AvgIpc) is 2.50. The van der Waals surface area contributed by atoms with Crippen molar-refractivity contribution in [2.75, 3.05) is 18.9 Å². The number of nitrogens with zero attached hydrogens (tertiary/aromatic N) is 1. The molecule has 0 aliphatic heterocycles. The lowest BCUT2D eigenvalue weighted by Gasteiger charge is -2.17. The van der Waals surface area contributed by atoms with Crippen molar-refractivity contribution in [3.8, 4) is 0 Å². The number of benzene rings is 2. The van der Waals surface area contributed by atoms with Crippen LogP contribution in [0.5, 0.6) is 0 Å². The van der Waals surface area contributed by atoms with Crippen molar-refractivity contribution in [3.63, 3.8) is 0 Å². The van der Waals surface area contributed by atoms with Crippen molar-refractivity contribution in [1.82, 2.24) is 4.90 Å². The van der Waals surface area contributed by atoms with Crippen LogP contribution < -0.4 is 5.32 Å². The number of rotatable bonds is 4. The lowest BCUT2D eigenvalue weighted by Crippen LogP contribution is -2.35. The van der Waals surface area contributed by atoms with Crippen molar-refractivity contribution in [2.45, 2.75) is 13.8 Å². The highest BCUT2D eigenvalue weighted by Crippen LogP contribution is 2.16. The van der Waals surface area contributed by atoms with Gasteiger partial charge in [-0.2, -0.15) is 0 Å². The SMILES string of the molecule is Cc1ccc(NC(=O)CN(C)C(=O)c2ccccc2)c(C)c1. The topological polar surface area (TPSA) is 49.4 Å². The molecule has 2 aromatic carbocycles. The molecule has 2 amide bonds. The van der Waals surface area contributed by atoms with Crippen LogP contribution >= 0.6 is 0 Å². The van der Waals surface area contributed by atoms with Gasteiger partial charge in [-0.05, 0) is 37.6 Å². The van der Waals surface area contributed by atoms with Crippen LogP contribution in [0.15, 0.2) is 48.5 Å². The molecule has 0 aliphatic carbocycles. The fourth-order valence-corrected chi connectivity index (χ4v) is 2.23. The Balaban J connectivity index is 1.98. The minimum atomic E-state index is -0.210. The Morgan fingerprint density at radius 2 is 1.73 bits per heavy atom. The molecule has 2 rings (SSSR count). The summed E-state index contributed by atoms with van der Waals surface area (Å²) in [4.78, 5) is 25.7. The summed E-state index contributed by atoms with van der Waals surface area (Å²) in [5.41, 5.74) is 3.50. The molecule has 0 radical (unpaired) electrons. The van der Waals surface area contributed by atoms with Crippen LogP contribution in [0.2, 0.25) is 0 Å². The van der Waals surface area contributed by atoms with Gasteiger partial charge in [0.05, 0.1) is 6.54 Å². The van der Waals surface area contributed by atoms with Gasteiger partial charge in [0.2, 0.25) is 5.91 Å². The Hall–Kier alpha value is -2.62. The van der Waals surface area contributed by atoms with Crippen molar-refractivity contribution in [3.05, 3.63) is 65.2 Å². The summed E-state index contributed by atoms with van der Waals surface area (Å²) in [6.45, 7) is 3.97. The van der Waals surface area contributed by atoms with Gasteiger partial charge in [-0.25, -0.2) is 0 Å². The second-order valence-electron chi connectivity index (χ2n) is 5.39. The fraction of sp³-hybridized carbons (Fsp3) is 0.222. The molecule has 114 valence electrons. The van der Waals surface area contributed by atoms with E-state index in [-0.39, 0.29) is 18.4 Å². The molecule has 0 spiro atoms. The molecule has 1 N–H and O–H groups in total. The minimum Gasteiger partial charge on any atom is -0.332 e. The van der Waals surface area contributed by atoms with Crippen molar-refractivity contribution in [1.29, 1.82) is 0 Å². The molecule has 0 bridgehead atoms. The predicted molar refractivity (Wildman–Crippen MR) is 87.9 cm³/mol. The van der Waals surface area contributed by atoms with Gasteiger partial charge in [-0.15, -0.1) is 0 Å². The Kier molecular flexibility index (Phi) is 4.94. The van der Waals surface area contributed by atoms with E-state index < -0.39 is 0 Å². The van der Waals surface area contributed by atoms with Crippen LogP contribution in [0.4, 0.5) is 5.69 Å². The molecule has 0 heterocycles. The molecule has 0 saturated carbocycles. The molecular weight excluding hydrogens is 276 g/mol. The van der Waals surface area contributed by atoms with Crippen LogP contribution in [0.25, 0.3) is 0 Å². The Labute approximate surface area is 130 Å². The number of likely N-dealkylation sites (N-methyl/N-ethyl adjacent to an activating group) is 1. The maximum absolute atomic E-state index is 12.2. The number of aryl methyl sites for hydroxylation is 2. The normalized spacial score (nSPS) is 10.1. The van der Waals surface area contributed by atoms with Crippen LogP contribution in [0.1, 0.15) is 21.5 Å². The van der Waals surface area contributed by atoms with Gasteiger partial charge in [0.15, 0.2) is 0 Å².